The standard InChI is InChI=1S/C26H31F3N4O4S/c27-26(28,29)19-6-13-23(31-16-19)32-20-7-11-22(12-8-20)38(36,37)21-9-3-18(4-10-21)17-2-1-15-30-25(35)33-24(34)14-5-17/h3-4,6,9-10,13,16-17,20,22H,1-2,5,7-8,11-12,14-15H2,(H,31,32)(H2,30,33,34,35)/t17?,20-,22-. The van der Waals surface area contributed by atoms with Gasteiger partial charge in [-0.2, -0.15) is 13.2 Å². The molecule has 1 aliphatic heterocycles. The predicted octanol–water partition coefficient (Wildman–Crippen LogP) is 4.78. The zero-order chi connectivity index (χ0) is 27.3. The van der Waals surface area contributed by atoms with Gasteiger partial charge in [0, 0.05) is 25.2 Å². The number of halogens is 3. The van der Waals surface area contributed by atoms with Gasteiger partial charge in [-0.1, -0.05) is 12.1 Å². The van der Waals surface area contributed by atoms with Crippen molar-refractivity contribution in [3.63, 3.8) is 0 Å². The van der Waals surface area contributed by atoms with Crippen LogP contribution in [0.1, 0.15) is 68.4 Å². The normalized spacial score (nSPS) is 23.7. The first-order valence-corrected chi connectivity index (χ1v) is 14.3. The summed E-state index contributed by atoms with van der Waals surface area (Å²) in [6.45, 7) is 0.453. The Bertz CT molecular complexity index is 1230. The van der Waals surface area contributed by atoms with Gasteiger partial charge in [-0.25, -0.2) is 18.2 Å². The van der Waals surface area contributed by atoms with Crippen LogP contribution in [0.2, 0.25) is 0 Å². The van der Waals surface area contributed by atoms with Crippen LogP contribution in [0.4, 0.5) is 23.8 Å². The third-order valence-electron chi connectivity index (χ3n) is 7.22. The van der Waals surface area contributed by atoms with Gasteiger partial charge in [0.15, 0.2) is 9.84 Å². The quantitative estimate of drug-likeness (QED) is 0.492. The van der Waals surface area contributed by atoms with Gasteiger partial charge in [-0.15, -0.1) is 0 Å². The van der Waals surface area contributed by atoms with Crippen molar-refractivity contribution in [2.75, 3.05) is 11.9 Å². The number of benzene rings is 1. The Morgan fingerprint density at radius 1 is 0.921 bits per heavy atom. The number of alkyl halides is 3. The molecule has 3 N–H and O–H groups in total. The summed E-state index contributed by atoms with van der Waals surface area (Å²) in [5, 5.41) is 7.52. The Balaban J connectivity index is 1.34. The van der Waals surface area contributed by atoms with Gasteiger partial charge < -0.3 is 10.6 Å². The lowest BCUT2D eigenvalue weighted by molar-refractivity contribution is -0.137. The number of sulfone groups is 1. The summed E-state index contributed by atoms with van der Waals surface area (Å²) in [7, 11) is -3.55. The molecule has 8 nitrogen and oxygen atoms in total. The number of amides is 3. The lowest BCUT2D eigenvalue weighted by Gasteiger charge is -2.29. The van der Waals surface area contributed by atoms with Crippen LogP contribution >= 0.6 is 0 Å². The fraction of sp³-hybridized carbons (Fsp3) is 0.500. The van der Waals surface area contributed by atoms with Crippen LogP contribution in [0.25, 0.3) is 0 Å². The molecule has 1 atom stereocenters. The Kier molecular flexibility index (Phi) is 8.59. The second-order valence-electron chi connectivity index (χ2n) is 9.84. The van der Waals surface area contributed by atoms with Crippen molar-refractivity contribution in [2.24, 2.45) is 0 Å². The Hall–Kier alpha value is -3.15. The lowest BCUT2D eigenvalue weighted by atomic mass is 9.89. The topological polar surface area (TPSA) is 117 Å². The van der Waals surface area contributed by atoms with Crippen molar-refractivity contribution in [1.29, 1.82) is 0 Å². The minimum atomic E-state index is -4.44. The molecule has 2 aliphatic rings. The number of nitrogens with zero attached hydrogens (tertiary/aromatic N) is 1. The number of imide groups is 1. The molecular weight excluding hydrogens is 521 g/mol. The maximum Gasteiger partial charge on any atom is 0.417 e. The van der Waals surface area contributed by atoms with E-state index in [1.165, 1.54) is 6.07 Å². The van der Waals surface area contributed by atoms with Crippen molar-refractivity contribution in [2.45, 2.75) is 79.6 Å². The molecule has 206 valence electrons. The van der Waals surface area contributed by atoms with Gasteiger partial charge in [0.2, 0.25) is 5.91 Å². The van der Waals surface area contributed by atoms with Gasteiger partial charge >= 0.3 is 12.2 Å². The van der Waals surface area contributed by atoms with E-state index in [0.717, 1.165) is 30.7 Å². The molecule has 0 radical (unpaired) electrons. The maximum absolute atomic E-state index is 13.3. The molecule has 12 heteroatoms. The van der Waals surface area contributed by atoms with Crippen LogP contribution < -0.4 is 16.0 Å². The van der Waals surface area contributed by atoms with Crippen LogP contribution in [0.5, 0.6) is 0 Å². The van der Waals surface area contributed by atoms with E-state index in [2.05, 4.69) is 20.9 Å². The molecule has 4 rings (SSSR count). The molecule has 3 amide bonds. The molecule has 1 saturated carbocycles. The molecule has 1 unspecified atom stereocenters. The van der Waals surface area contributed by atoms with Gasteiger partial charge in [0.1, 0.15) is 5.82 Å². The number of aromatic nitrogens is 1. The molecule has 1 saturated heterocycles. The summed E-state index contributed by atoms with van der Waals surface area (Å²) in [6, 6.07) is 8.58. The second kappa shape index (κ2) is 11.7. The SMILES string of the molecule is O=C1CCC(c2ccc(S(=O)(=O)[C@H]3CC[C@H](Nc4ccc(C(F)(F)F)cn4)CC3)cc2)CCCNC(=O)N1. The fourth-order valence-corrected chi connectivity index (χ4v) is 6.86. The highest BCUT2D eigenvalue weighted by molar-refractivity contribution is 7.92. The number of pyridine rings is 1. The van der Waals surface area contributed by atoms with E-state index >= 15 is 0 Å². The number of hydrogen-bond donors (Lipinski definition) is 3. The van der Waals surface area contributed by atoms with Crippen molar-refractivity contribution in [3.05, 3.63) is 53.7 Å². The highest BCUT2D eigenvalue weighted by atomic mass is 32.2. The van der Waals surface area contributed by atoms with Crippen LogP contribution in [0.15, 0.2) is 47.5 Å². The van der Waals surface area contributed by atoms with E-state index in [1.807, 2.05) is 12.1 Å². The van der Waals surface area contributed by atoms with E-state index in [0.29, 0.717) is 44.5 Å². The summed E-state index contributed by atoms with van der Waals surface area (Å²) in [6.07, 6.45) is 0.617. The number of rotatable bonds is 5. The van der Waals surface area contributed by atoms with Crippen molar-refractivity contribution in [1.82, 2.24) is 15.6 Å². The molecule has 0 bridgehead atoms. The summed E-state index contributed by atoms with van der Waals surface area (Å²) in [5.41, 5.74) is 0.143. The van der Waals surface area contributed by atoms with Crippen molar-refractivity contribution >= 4 is 27.6 Å². The van der Waals surface area contributed by atoms with E-state index < -0.39 is 32.9 Å². The van der Waals surface area contributed by atoms with Crippen LogP contribution in [0, 0.1) is 0 Å². The maximum atomic E-state index is 13.3. The molecule has 0 spiro atoms. The second-order valence-corrected chi connectivity index (χ2v) is 12.1. The summed E-state index contributed by atoms with van der Waals surface area (Å²) in [5.74, 6) is 0.0703. The van der Waals surface area contributed by atoms with Crippen LogP contribution in [0.3, 0.4) is 0 Å². The summed E-state index contributed by atoms with van der Waals surface area (Å²) >= 11 is 0. The van der Waals surface area contributed by atoms with Crippen LogP contribution in [-0.4, -0.2) is 43.2 Å². The third kappa shape index (κ3) is 7.03. The number of anilines is 1. The molecule has 38 heavy (non-hydrogen) atoms. The van der Waals surface area contributed by atoms with E-state index in [1.54, 1.807) is 12.1 Å². The molecule has 2 heterocycles. The van der Waals surface area contributed by atoms with Crippen molar-refractivity contribution in [3.8, 4) is 0 Å². The number of carbonyl (C=O) groups excluding carboxylic acids is 2. The summed E-state index contributed by atoms with van der Waals surface area (Å²) < 4.78 is 64.8. The monoisotopic (exact) mass is 552 g/mol. The highest BCUT2D eigenvalue weighted by Gasteiger charge is 2.33. The fourth-order valence-electron chi connectivity index (χ4n) is 5.06. The van der Waals surface area contributed by atoms with Gasteiger partial charge in [-0.05, 0) is 80.7 Å². The molecule has 1 aromatic carbocycles. The number of urea groups is 1. The minimum absolute atomic E-state index is 0.0670. The average molecular weight is 553 g/mol. The number of nitrogens with one attached hydrogen (secondary N) is 3. The van der Waals surface area contributed by atoms with E-state index in [9.17, 15) is 31.2 Å². The lowest BCUT2D eigenvalue weighted by Crippen LogP contribution is -2.40. The average Bonchev–Trinajstić information content (AvgIpc) is 2.88. The Morgan fingerprint density at radius 3 is 2.26 bits per heavy atom. The largest absolute Gasteiger partial charge is 0.417 e. The molecule has 1 aliphatic carbocycles. The van der Waals surface area contributed by atoms with Crippen LogP contribution in [-0.2, 0) is 20.8 Å². The Labute approximate surface area is 219 Å². The number of hydrogen-bond acceptors (Lipinski definition) is 6. The zero-order valence-electron chi connectivity index (χ0n) is 20.8. The first kappa shape index (κ1) is 27.9. The van der Waals surface area contributed by atoms with E-state index in [4.69, 9.17) is 0 Å². The molecule has 1 aromatic heterocycles. The summed E-state index contributed by atoms with van der Waals surface area (Å²) in [4.78, 5) is 27.5. The van der Waals surface area contributed by atoms with Gasteiger partial charge in [0.25, 0.3) is 0 Å². The highest BCUT2D eigenvalue weighted by Crippen LogP contribution is 2.33. The number of carbonyl (C=O) groups is 2. The van der Waals surface area contributed by atoms with Gasteiger partial charge in [-0.3, -0.25) is 10.1 Å². The third-order valence-corrected chi connectivity index (χ3v) is 9.50. The smallest absolute Gasteiger partial charge is 0.367 e. The van der Waals surface area contributed by atoms with Gasteiger partial charge in [0.05, 0.1) is 15.7 Å². The molecular formula is C26H31F3N4O4S. The first-order chi connectivity index (χ1) is 18.0. The van der Waals surface area contributed by atoms with Crippen molar-refractivity contribution < 1.29 is 31.2 Å². The molecule has 2 aromatic rings. The first-order valence-electron chi connectivity index (χ1n) is 12.7. The minimum Gasteiger partial charge on any atom is -0.367 e. The predicted molar refractivity (Wildman–Crippen MR) is 135 cm³/mol. The Morgan fingerprint density at radius 2 is 1.63 bits per heavy atom. The molecule has 2 fully saturated rings. The zero-order valence-corrected chi connectivity index (χ0v) is 21.6. The van der Waals surface area contributed by atoms with E-state index in [-0.39, 0.29) is 29.2 Å².